The lowest BCUT2D eigenvalue weighted by Gasteiger charge is -2.40. The smallest absolute Gasteiger partial charge is 0.310 e. The minimum Gasteiger partial charge on any atom is -0.311 e. The van der Waals surface area contributed by atoms with Gasteiger partial charge >= 0.3 is 20.4 Å². The van der Waals surface area contributed by atoms with Gasteiger partial charge in [-0.2, -0.15) is 0 Å². The lowest BCUT2D eigenvalue weighted by Crippen LogP contribution is -2.09. The van der Waals surface area contributed by atoms with Crippen LogP contribution in [0.4, 0.5) is 73.0 Å². The number of hydrogen-bond donors (Lipinski definition) is 0. The van der Waals surface area contributed by atoms with Crippen LogP contribution in [-0.4, -0.2) is 0 Å². The average molecular weight is 1140 g/mol. The van der Waals surface area contributed by atoms with Crippen molar-refractivity contribution < 1.29 is 38.9 Å². The van der Waals surface area contributed by atoms with Crippen molar-refractivity contribution in [3.63, 3.8) is 0 Å². The van der Waals surface area contributed by atoms with Crippen LogP contribution < -0.4 is 9.80 Å². The van der Waals surface area contributed by atoms with Crippen LogP contribution in [0.25, 0.3) is 0 Å². The highest BCUT2D eigenvalue weighted by Gasteiger charge is 2.66. The Kier molecular flexibility index (Phi) is 15.2. The fourth-order valence-corrected chi connectivity index (χ4v) is 9.33. The van der Waals surface area contributed by atoms with E-state index in [1.807, 2.05) is 121 Å². The number of halogens is 10. The van der Waals surface area contributed by atoms with Gasteiger partial charge in [-0.3, -0.25) is 0 Å². The van der Waals surface area contributed by atoms with E-state index >= 15 is 0 Å². The molecular formula is C68H44F10N2S2. The Morgan fingerprint density at radius 2 is 0.329 bits per heavy atom. The molecule has 0 amide bonds. The van der Waals surface area contributed by atoms with Crippen LogP contribution in [0.15, 0.2) is 277 Å². The predicted molar refractivity (Wildman–Crippen MR) is 315 cm³/mol. The molecular weight excluding hydrogens is 1100 g/mol. The molecule has 0 fully saturated rings. The quantitative estimate of drug-likeness (QED) is 0.111. The molecule has 10 aromatic rings. The van der Waals surface area contributed by atoms with E-state index in [0.717, 1.165) is 80.6 Å². The largest absolute Gasteiger partial charge is 0.311 e. The first kappa shape index (κ1) is 56.7. The van der Waals surface area contributed by atoms with Crippen LogP contribution >= 0.6 is 20.4 Å². The number of hydrogen-bond acceptors (Lipinski definition) is 2. The summed E-state index contributed by atoms with van der Waals surface area (Å²) in [7, 11) is -19.4. The topological polar surface area (TPSA) is 6.48 Å². The second kappa shape index (κ2) is 21.9. The molecule has 14 heteroatoms. The van der Waals surface area contributed by atoms with E-state index in [0.29, 0.717) is 35.4 Å². The number of anilines is 6. The summed E-state index contributed by atoms with van der Waals surface area (Å²) in [6.45, 7) is 0. The van der Waals surface area contributed by atoms with Gasteiger partial charge in [-0.1, -0.05) is 159 Å². The molecule has 0 aliphatic rings. The van der Waals surface area contributed by atoms with Gasteiger partial charge in [-0.25, -0.2) is 0 Å². The molecule has 0 saturated carbocycles. The molecule has 0 atom stereocenters. The van der Waals surface area contributed by atoms with Crippen LogP contribution in [-0.2, 0) is 0 Å². The SMILES string of the molecule is FS(F)(F)(F)(F)c1ccc(C#Cc2ccc(C#Cc3ccc(N(c4ccccc4)c4ccccc4)cc3)cc2)cc1.FS(F)(F)(F)(F)c1ccc(C#Cc2ccc(C#Cc3ccc(N(c4ccccc4)c4ccccc4)cc3)cc2)cc1. The Labute approximate surface area is 469 Å². The highest BCUT2D eigenvalue weighted by Crippen LogP contribution is 3.02. The first-order chi connectivity index (χ1) is 38.9. The summed E-state index contributed by atoms with van der Waals surface area (Å²) >= 11 is 0. The van der Waals surface area contributed by atoms with E-state index in [4.69, 9.17) is 0 Å². The van der Waals surface area contributed by atoms with Crippen molar-refractivity contribution in [2.45, 2.75) is 9.79 Å². The molecule has 0 heterocycles. The lowest BCUT2D eigenvalue weighted by atomic mass is 10.1. The third-order valence-electron chi connectivity index (χ3n) is 12.1. The number of nitrogens with zero attached hydrogens (tertiary/aromatic N) is 2. The summed E-state index contributed by atoms with van der Waals surface area (Å²) in [6.07, 6.45) is 0. The second-order valence-corrected chi connectivity index (χ2v) is 23.1. The molecule has 408 valence electrons. The number of rotatable bonds is 8. The maximum Gasteiger partial charge on any atom is 0.310 e. The zero-order chi connectivity index (χ0) is 58.0. The third-order valence-corrected chi connectivity index (χ3v) is 14.4. The Morgan fingerprint density at radius 1 is 0.183 bits per heavy atom. The molecule has 2 nitrogen and oxygen atoms in total. The van der Waals surface area contributed by atoms with Gasteiger partial charge in [0.15, 0.2) is 0 Å². The summed E-state index contributed by atoms with van der Waals surface area (Å²) in [5.74, 6) is 23.6. The van der Waals surface area contributed by atoms with Crippen molar-refractivity contribution in [1.82, 2.24) is 0 Å². The van der Waals surface area contributed by atoms with Gasteiger partial charge < -0.3 is 9.80 Å². The predicted octanol–water partition coefficient (Wildman–Crippen LogP) is 21.2. The molecule has 82 heavy (non-hydrogen) atoms. The van der Waals surface area contributed by atoms with Gasteiger partial charge in [-0.15, -0.1) is 0 Å². The normalized spacial score (nSPS) is 12.5. The Balaban J connectivity index is 0.000000198. The van der Waals surface area contributed by atoms with Crippen molar-refractivity contribution in [1.29, 1.82) is 0 Å². The number of para-hydroxylation sites is 4. The van der Waals surface area contributed by atoms with Crippen LogP contribution in [0, 0.1) is 47.4 Å². The van der Waals surface area contributed by atoms with Crippen LogP contribution in [0.2, 0.25) is 0 Å². The molecule has 0 aliphatic heterocycles. The molecule has 10 aromatic carbocycles. The summed E-state index contributed by atoms with van der Waals surface area (Å²) in [5, 5.41) is 0. The average Bonchev–Trinajstić information content (AvgIpc) is 3.66. The fraction of sp³-hybridized carbons (Fsp3) is 0. The number of benzene rings is 10. The van der Waals surface area contributed by atoms with Gasteiger partial charge in [0, 0.05) is 78.6 Å². The fourth-order valence-electron chi connectivity index (χ4n) is 8.03. The van der Waals surface area contributed by atoms with Crippen molar-refractivity contribution >= 4 is 54.6 Å². The van der Waals surface area contributed by atoms with Gasteiger partial charge in [0.05, 0.1) is 0 Å². The molecule has 0 aromatic heterocycles. The molecule has 0 radical (unpaired) electrons. The van der Waals surface area contributed by atoms with Gasteiger partial charge in [0.1, 0.15) is 9.79 Å². The molecule has 0 bridgehead atoms. The second-order valence-electron chi connectivity index (χ2n) is 18.2. The maximum atomic E-state index is 12.9. The van der Waals surface area contributed by atoms with Crippen LogP contribution in [0.1, 0.15) is 44.5 Å². The highest BCUT2D eigenvalue weighted by molar-refractivity contribution is 8.46. The van der Waals surface area contributed by atoms with E-state index in [2.05, 4.69) is 106 Å². The molecule has 10 rings (SSSR count). The molecule has 0 saturated heterocycles. The Bertz CT molecular complexity index is 3760. The Hall–Kier alpha value is -9.96. The van der Waals surface area contributed by atoms with Crippen LogP contribution in [0.5, 0.6) is 0 Å². The summed E-state index contributed by atoms with van der Waals surface area (Å²) in [4.78, 5) is 0.464. The molecule has 0 aliphatic carbocycles. The van der Waals surface area contributed by atoms with Gasteiger partial charge in [0.25, 0.3) is 0 Å². The van der Waals surface area contributed by atoms with Crippen molar-refractivity contribution in [3.8, 4) is 47.4 Å². The van der Waals surface area contributed by atoms with Crippen molar-refractivity contribution in [2.75, 3.05) is 9.80 Å². The van der Waals surface area contributed by atoms with Crippen molar-refractivity contribution in [3.05, 3.63) is 311 Å². The molecule has 0 spiro atoms. The first-order valence-corrected chi connectivity index (χ1v) is 28.8. The molecule has 0 unspecified atom stereocenters. The standard InChI is InChI=1S/2C34H22F5NS/c2*35-41(36,37,38,39)34-25-21-30(22-26-34)18-16-28-13-11-27(12-14-28)15-17-29-19-23-33(24-20-29)40(31-7-3-1-4-8-31)32-9-5-2-6-10-32/h2*1-14,19-26H. The maximum absolute atomic E-state index is 12.9. The van der Waals surface area contributed by atoms with E-state index in [9.17, 15) is 38.9 Å². The Morgan fingerprint density at radius 3 is 0.500 bits per heavy atom. The van der Waals surface area contributed by atoms with E-state index in [1.165, 1.54) is 0 Å². The zero-order valence-corrected chi connectivity index (χ0v) is 44.5. The zero-order valence-electron chi connectivity index (χ0n) is 42.9. The summed E-state index contributed by atoms with van der Waals surface area (Å²) in [6, 6.07) is 75.6. The minimum absolute atomic E-state index is 0.195. The monoisotopic (exact) mass is 1140 g/mol. The van der Waals surface area contributed by atoms with Crippen LogP contribution in [0.3, 0.4) is 0 Å². The molecule has 0 N–H and O–H groups in total. The van der Waals surface area contributed by atoms with Crippen molar-refractivity contribution in [2.24, 2.45) is 0 Å². The highest BCUT2D eigenvalue weighted by atomic mass is 32.5. The minimum atomic E-state index is -9.69. The summed E-state index contributed by atoms with van der Waals surface area (Å²) < 4.78 is 129. The first-order valence-electron chi connectivity index (χ1n) is 24.9. The lowest BCUT2D eigenvalue weighted by molar-refractivity contribution is 0.360. The summed E-state index contributed by atoms with van der Waals surface area (Å²) in [5.41, 5.74) is 11.0. The van der Waals surface area contributed by atoms with Gasteiger partial charge in [-0.05, 0) is 194 Å². The third kappa shape index (κ3) is 15.7. The van der Waals surface area contributed by atoms with Gasteiger partial charge in [0.2, 0.25) is 0 Å². The van der Waals surface area contributed by atoms with E-state index in [1.54, 1.807) is 48.5 Å². The van der Waals surface area contributed by atoms with E-state index in [-0.39, 0.29) is 11.1 Å². The van der Waals surface area contributed by atoms with E-state index < -0.39 is 30.2 Å².